The zero-order valence-corrected chi connectivity index (χ0v) is 27.1. The molecule has 0 aliphatic rings. The van der Waals surface area contributed by atoms with Crippen molar-refractivity contribution >= 4 is 82.1 Å². The van der Waals surface area contributed by atoms with Crippen LogP contribution in [-0.4, -0.2) is 47.9 Å². The van der Waals surface area contributed by atoms with E-state index in [4.69, 9.17) is 46.4 Å². The fourth-order valence-corrected chi connectivity index (χ4v) is 4.33. The Hall–Kier alpha value is -4.60. The molecule has 0 spiro atoms. The normalized spacial score (nSPS) is 10.7. The number of hydrogen-bond acceptors (Lipinski definition) is 8. The fraction of sp³-hybridized carbons (Fsp3) is 0.0588. The first-order chi connectivity index (χ1) is 21.8. The summed E-state index contributed by atoms with van der Waals surface area (Å²) in [5, 5.41) is 20.2. The number of carbonyl (C=O) groups excluding carboxylic acids is 4. The SMILES string of the molecule is COC(=O)c1ccc(/C=C/C(=O)c2cc(Cl)c(Cl)cc2O)cc1.COC(=O)c1ccc(/C=C/C(=O)c2cc(Cl)c(Cl)cc2O)cc1. The molecular weight excluding hydrogens is 678 g/mol. The third-order valence-corrected chi connectivity index (χ3v) is 7.57. The summed E-state index contributed by atoms with van der Waals surface area (Å²) in [6.07, 6.45) is 5.72. The van der Waals surface area contributed by atoms with E-state index in [1.807, 2.05) is 0 Å². The van der Waals surface area contributed by atoms with Gasteiger partial charge < -0.3 is 19.7 Å². The Labute approximate surface area is 284 Å². The van der Waals surface area contributed by atoms with Gasteiger partial charge in [0.15, 0.2) is 11.6 Å². The van der Waals surface area contributed by atoms with Crippen LogP contribution in [0.2, 0.25) is 20.1 Å². The molecule has 4 aromatic rings. The summed E-state index contributed by atoms with van der Waals surface area (Å²) in [4.78, 5) is 46.9. The van der Waals surface area contributed by atoms with Gasteiger partial charge in [0.1, 0.15) is 11.5 Å². The van der Waals surface area contributed by atoms with E-state index in [-0.39, 0.29) is 42.7 Å². The number of esters is 2. The predicted molar refractivity (Wildman–Crippen MR) is 179 cm³/mol. The van der Waals surface area contributed by atoms with Crippen molar-refractivity contribution in [3.8, 4) is 11.5 Å². The standard InChI is InChI=1S/2C17H12Cl2O4/c2*1-23-17(22)11-5-2-10(3-6-11)4-7-15(20)12-8-13(18)14(19)9-16(12)21/h2*2-9,21H,1H3/b2*7-4+. The van der Waals surface area contributed by atoms with Gasteiger partial charge in [0.2, 0.25) is 0 Å². The first-order valence-electron chi connectivity index (χ1n) is 13.0. The molecule has 0 bridgehead atoms. The number of benzene rings is 4. The zero-order chi connectivity index (χ0) is 34.0. The van der Waals surface area contributed by atoms with Crippen LogP contribution < -0.4 is 0 Å². The highest BCUT2D eigenvalue weighted by Gasteiger charge is 2.13. The van der Waals surface area contributed by atoms with E-state index in [1.54, 1.807) is 60.7 Å². The Morgan fingerprint density at radius 1 is 0.543 bits per heavy atom. The molecule has 8 nitrogen and oxygen atoms in total. The lowest BCUT2D eigenvalue weighted by Gasteiger charge is -2.03. The second kappa shape index (κ2) is 16.6. The van der Waals surface area contributed by atoms with E-state index in [0.717, 1.165) is 0 Å². The lowest BCUT2D eigenvalue weighted by Crippen LogP contribution is -2.00. The molecule has 0 aliphatic heterocycles. The lowest BCUT2D eigenvalue weighted by molar-refractivity contribution is 0.0592. The van der Waals surface area contributed by atoms with Gasteiger partial charge in [-0.1, -0.05) is 82.8 Å². The van der Waals surface area contributed by atoms with Crippen LogP contribution in [0.3, 0.4) is 0 Å². The first kappa shape index (κ1) is 35.9. The van der Waals surface area contributed by atoms with Crippen molar-refractivity contribution in [1.29, 1.82) is 0 Å². The largest absolute Gasteiger partial charge is 0.507 e. The maximum atomic E-state index is 12.1. The minimum Gasteiger partial charge on any atom is -0.507 e. The number of ketones is 2. The molecule has 0 atom stereocenters. The van der Waals surface area contributed by atoms with Gasteiger partial charge in [-0.05, 0) is 59.7 Å². The van der Waals surface area contributed by atoms with Crippen LogP contribution in [0.5, 0.6) is 11.5 Å². The van der Waals surface area contributed by atoms with Crippen LogP contribution in [-0.2, 0) is 9.47 Å². The quantitative estimate of drug-likeness (QED) is 0.106. The van der Waals surface area contributed by atoms with Crippen molar-refractivity contribution in [2.75, 3.05) is 14.2 Å². The molecule has 2 N–H and O–H groups in total. The number of allylic oxidation sites excluding steroid dienone is 2. The summed E-state index contributed by atoms with van der Waals surface area (Å²) >= 11 is 23.2. The monoisotopic (exact) mass is 700 g/mol. The van der Waals surface area contributed by atoms with Gasteiger partial charge in [0.25, 0.3) is 0 Å². The van der Waals surface area contributed by atoms with Gasteiger partial charge in [0, 0.05) is 12.1 Å². The molecule has 0 fully saturated rings. The number of ether oxygens (including phenoxy) is 2. The van der Waals surface area contributed by atoms with E-state index in [9.17, 15) is 29.4 Å². The average Bonchev–Trinajstić information content (AvgIpc) is 3.05. The van der Waals surface area contributed by atoms with E-state index in [1.165, 1.54) is 50.6 Å². The van der Waals surface area contributed by atoms with Crippen molar-refractivity contribution in [3.63, 3.8) is 0 Å². The molecule has 4 rings (SSSR count). The highest BCUT2D eigenvalue weighted by molar-refractivity contribution is 6.43. The summed E-state index contributed by atoms with van der Waals surface area (Å²) in [6.45, 7) is 0. The average molecular weight is 702 g/mol. The molecule has 12 heteroatoms. The maximum Gasteiger partial charge on any atom is 0.337 e. The van der Waals surface area contributed by atoms with Crippen molar-refractivity contribution in [2.24, 2.45) is 0 Å². The Morgan fingerprint density at radius 3 is 1.15 bits per heavy atom. The van der Waals surface area contributed by atoms with E-state index >= 15 is 0 Å². The number of phenolic OH excluding ortho intramolecular Hbond substituents is 2. The first-order valence-corrected chi connectivity index (χ1v) is 14.5. The Bertz CT molecular complexity index is 1690. The highest BCUT2D eigenvalue weighted by Crippen LogP contribution is 2.31. The van der Waals surface area contributed by atoms with E-state index in [2.05, 4.69) is 9.47 Å². The number of carbonyl (C=O) groups is 4. The summed E-state index contributed by atoms with van der Waals surface area (Å²) in [5.74, 6) is -2.18. The molecule has 0 radical (unpaired) electrons. The number of halogens is 4. The third kappa shape index (κ3) is 9.70. The minimum atomic E-state index is -0.433. The second-order valence-electron chi connectivity index (χ2n) is 9.19. The summed E-state index contributed by atoms with van der Waals surface area (Å²) in [7, 11) is 2.61. The van der Waals surface area contributed by atoms with Gasteiger partial charge in [-0.3, -0.25) is 9.59 Å². The molecule has 0 aliphatic carbocycles. The molecule has 0 saturated heterocycles. The summed E-state index contributed by atoms with van der Waals surface area (Å²) in [5.41, 5.74) is 2.37. The predicted octanol–water partition coefficient (Wildman–Crippen LogP) is 8.76. The third-order valence-electron chi connectivity index (χ3n) is 6.13. The number of phenols is 2. The maximum absolute atomic E-state index is 12.1. The fourth-order valence-electron chi connectivity index (χ4n) is 3.69. The van der Waals surface area contributed by atoms with Gasteiger partial charge in [-0.25, -0.2) is 9.59 Å². The molecule has 0 aromatic heterocycles. The van der Waals surface area contributed by atoms with E-state index < -0.39 is 23.5 Å². The number of hydrogen-bond donors (Lipinski definition) is 2. The topological polar surface area (TPSA) is 127 Å². The zero-order valence-electron chi connectivity index (χ0n) is 24.1. The van der Waals surface area contributed by atoms with Crippen molar-refractivity contribution in [1.82, 2.24) is 0 Å². The van der Waals surface area contributed by atoms with Crippen LogP contribution in [0.25, 0.3) is 12.2 Å². The van der Waals surface area contributed by atoms with Crippen molar-refractivity contribution in [2.45, 2.75) is 0 Å². The summed E-state index contributed by atoms with van der Waals surface area (Å²) in [6, 6.07) is 18.1. The minimum absolute atomic E-state index is 0.0573. The molecular formula is C34H24Cl4O8. The van der Waals surface area contributed by atoms with Gasteiger partial charge >= 0.3 is 11.9 Å². The number of rotatable bonds is 8. The molecule has 0 amide bonds. The van der Waals surface area contributed by atoms with E-state index in [0.29, 0.717) is 22.3 Å². The highest BCUT2D eigenvalue weighted by atomic mass is 35.5. The van der Waals surface area contributed by atoms with Crippen LogP contribution in [0.15, 0.2) is 84.9 Å². The molecule has 0 heterocycles. The van der Waals surface area contributed by atoms with Gasteiger partial charge in [0.05, 0.1) is 56.6 Å². The Kier molecular flexibility index (Phi) is 13.0. The molecule has 0 unspecified atom stereocenters. The van der Waals surface area contributed by atoms with Gasteiger partial charge in [-0.15, -0.1) is 0 Å². The van der Waals surface area contributed by atoms with Crippen LogP contribution in [0.1, 0.15) is 52.6 Å². The number of methoxy groups -OCH3 is 2. The van der Waals surface area contributed by atoms with Crippen LogP contribution in [0, 0.1) is 0 Å². The van der Waals surface area contributed by atoms with Crippen LogP contribution in [0.4, 0.5) is 0 Å². The molecule has 46 heavy (non-hydrogen) atoms. The molecule has 236 valence electrons. The van der Waals surface area contributed by atoms with Crippen molar-refractivity contribution < 1.29 is 38.9 Å². The second-order valence-corrected chi connectivity index (χ2v) is 10.8. The number of aromatic hydroxyl groups is 2. The smallest absolute Gasteiger partial charge is 0.337 e. The Balaban J connectivity index is 0.000000250. The van der Waals surface area contributed by atoms with Crippen LogP contribution >= 0.6 is 46.4 Å². The Morgan fingerprint density at radius 2 is 0.848 bits per heavy atom. The lowest BCUT2D eigenvalue weighted by atomic mass is 10.1. The summed E-state index contributed by atoms with van der Waals surface area (Å²) < 4.78 is 9.21. The van der Waals surface area contributed by atoms with Gasteiger partial charge in [-0.2, -0.15) is 0 Å². The molecule has 4 aromatic carbocycles. The molecule has 0 saturated carbocycles. The van der Waals surface area contributed by atoms with Crippen molar-refractivity contribution in [3.05, 3.63) is 138 Å².